The quantitative estimate of drug-likeness (QED) is 0.706. The molecule has 1 saturated carbocycles. The van der Waals surface area contributed by atoms with Gasteiger partial charge in [0.25, 0.3) is 5.91 Å². The normalized spacial score (nSPS) is 24.6. The predicted octanol–water partition coefficient (Wildman–Crippen LogP) is 0.641. The molecule has 1 aromatic heterocycles. The van der Waals surface area contributed by atoms with Gasteiger partial charge in [0.1, 0.15) is 5.69 Å². The van der Waals surface area contributed by atoms with E-state index in [0.717, 1.165) is 25.7 Å². The van der Waals surface area contributed by atoms with Gasteiger partial charge in [-0.05, 0) is 18.9 Å². The third-order valence-electron chi connectivity index (χ3n) is 3.30. The van der Waals surface area contributed by atoms with Crippen LogP contribution in [-0.4, -0.2) is 27.7 Å². The summed E-state index contributed by atoms with van der Waals surface area (Å²) in [6, 6.07) is 1.51. The van der Waals surface area contributed by atoms with E-state index in [0.29, 0.717) is 11.4 Å². The molecule has 0 spiro atoms. The molecule has 1 fully saturated rings. The summed E-state index contributed by atoms with van der Waals surface area (Å²) in [5.74, 6) is -0.171. The fraction of sp³-hybridized carbons (Fsp3) is 0.583. The van der Waals surface area contributed by atoms with Crippen molar-refractivity contribution in [2.45, 2.75) is 37.8 Å². The average Bonchev–Trinajstić information content (AvgIpc) is 2.61. The van der Waals surface area contributed by atoms with E-state index >= 15 is 0 Å². The lowest BCUT2D eigenvalue weighted by molar-refractivity contribution is 0.0711. The number of nitrogens with zero attached hydrogens (tertiary/aromatic N) is 1. The van der Waals surface area contributed by atoms with Crippen LogP contribution in [0.5, 0.6) is 0 Å². The highest BCUT2D eigenvalue weighted by Crippen LogP contribution is 2.19. The number of carbonyl (C=O) groups is 1. The van der Waals surface area contributed by atoms with Crippen LogP contribution in [-0.2, 0) is 7.05 Å². The smallest absolute Gasteiger partial charge is 0.268 e. The highest BCUT2D eigenvalue weighted by molar-refractivity contribution is 5.94. The molecule has 4 N–H and O–H groups in total. The SMILES string of the molecule is Cn1cc(N)cc1C(=O)NC1CCCCC1O. The molecule has 1 aliphatic carbocycles. The lowest BCUT2D eigenvalue weighted by atomic mass is 9.92. The Morgan fingerprint density at radius 3 is 2.82 bits per heavy atom. The van der Waals surface area contributed by atoms with Crippen LogP contribution < -0.4 is 11.1 Å². The minimum Gasteiger partial charge on any atom is -0.397 e. The van der Waals surface area contributed by atoms with Gasteiger partial charge in [-0.25, -0.2) is 0 Å². The second-order valence-corrected chi connectivity index (χ2v) is 4.70. The van der Waals surface area contributed by atoms with E-state index in [1.54, 1.807) is 23.9 Å². The molecule has 2 unspecified atom stereocenters. The number of hydrogen-bond acceptors (Lipinski definition) is 3. The number of aromatic nitrogens is 1. The Bertz CT molecular complexity index is 414. The van der Waals surface area contributed by atoms with Gasteiger partial charge in [0.05, 0.1) is 17.8 Å². The molecule has 1 heterocycles. The van der Waals surface area contributed by atoms with Gasteiger partial charge in [0.15, 0.2) is 0 Å². The van der Waals surface area contributed by atoms with Crippen LogP contribution in [0.25, 0.3) is 0 Å². The van der Waals surface area contributed by atoms with Crippen LogP contribution >= 0.6 is 0 Å². The summed E-state index contributed by atoms with van der Waals surface area (Å²) in [6.45, 7) is 0. The zero-order valence-electron chi connectivity index (χ0n) is 10.0. The first-order chi connectivity index (χ1) is 8.08. The number of aryl methyl sites for hydroxylation is 1. The van der Waals surface area contributed by atoms with Crippen molar-refractivity contribution in [2.24, 2.45) is 7.05 Å². The third-order valence-corrected chi connectivity index (χ3v) is 3.30. The van der Waals surface area contributed by atoms with Gasteiger partial charge < -0.3 is 20.7 Å². The maximum Gasteiger partial charge on any atom is 0.268 e. The van der Waals surface area contributed by atoms with Crippen molar-refractivity contribution < 1.29 is 9.90 Å². The second-order valence-electron chi connectivity index (χ2n) is 4.70. The molecule has 1 aliphatic rings. The first-order valence-corrected chi connectivity index (χ1v) is 5.98. The highest BCUT2D eigenvalue weighted by atomic mass is 16.3. The van der Waals surface area contributed by atoms with Crippen LogP contribution in [0.4, 0.5) is 5.69 Å². The predicted molar refractivity (Wildman–Crippen MR) is 65.6 cm³/mol. The summed E-state index contributed by atoms with van der Waals surface area (Å²) in [4.78, 5) is 12.0. The van der Waals surface area contributed by atoms with Crippen LogP contribution in [0, 0.1) is 0 Å². The largest absolute Gasteiger partial charge is 0.397 e. The fourth-order valence-corrected chi connectivity index (χ4v) is 2.34. The molecular formula is C12H19N3O2. The average molecular weight is 237 g/mol. The number of nitrogens with two attached hydrogens (primary N) is 1. The van der Waals surface area contributed by atoms with Crippen LogP contribution in [0.15, 0.2) is 12.3 Å². The van der Waals surface area contributed by atoms with E-state index in [1.165, 1.54) is 0 Å². The number of hydrogen-bond donors (Lipinski definition) is 3. The number of nitrogen functional groups attached to an aromatic ring is 1. The Labute approximate surface area is 101 Å². The number of rotatable bonds is 2. The molecule has 2 rings (SSSR count). The minimum absolute atomic E-state index is 0.132. The summed E-state index contributed by atoms with van der Waals surface area (Å²) >= 11 is 0. The van der Waals surface area contributed by atoms with E-state index in [-0.39, 0.29) is 11.9 Å². The molecular weight excluding hydrogens is 218 g/mol. The van der Waals surface area contributed by atoms with Gasteiger partial charge in [-0.2, -0.15) is 0 Å². The Morgan fingerprint density at radius 2 is 2.24 bits per heavy atom. The Morgan fingerprint density at radius 1 is 1.53 bits per heavy atom. The summed E-state index contributed by atoms with van der Waals surface area (Å²) in [6.07, 6.45) is 4.96. The zero-order valence-corrected chi connectivity index (χ0v) is 10.0. The minimum atomic E-state index is -0.426. The Balaban J connectivity index is 2.03. The van der Waals surface area contributed by atoms with E-state index in [4.69, 9.17) is 5.73 Å². The van der Waals surface area contributed by atoms with Crippen LogP contribution in [0.3, 0.4) is 0 Å². The monoisotopic (exact) mass is 237 g/mol. The first kappa shape index (κ1) is 12.0. The lowest BCUT2D eigenvalue weighted by Gasteiger charge is -2.28. The fourth-order valence-electron chi connectivity index (χ4n) is 2.34. The Hall–Kier alpha value is -1.49. The van der Waals surface area contributed by atoms with Gasteiger partial charge >= 0.3 is 0 Å². The van der Waals surface area contributed by atoms with Crippen molar-refractivity contribution >= 4 is 11.6 Å². The van der Waals surface area contributed by atoms with Gasteiger partial charge in [0, 0.05) is 13.2 Å². The molecule has 2 atom stereocenters. The topological polar surface area (TPSA) is 80.3 Å². The van der Waals surface area contributed by atoms with E-state index in [9.17, 15) is 9.90 Å². The molecule has 0 bridgehead atoms. The van der Waals surface area contributed by atoms with Gasteiger partial charge in [-0.3, -0.25) is 4.79 Å². The van der Waals surface area contributed by atoms with Crippen molar-refractivity contribution in [2.75, 3.05) is 5.73 Å². The van der Waals surface area contributed by atoms with E-state index < -0.39 is 6.10 Å². The second kappa shape index (κ2) is 4.79. The van der Waals surface area contributed by atoms with Gasteiger partial charge in [0.2, 0.25) is 0 Å². The van der Waals surface area contributed by atoms with Crippen molar-refractivity contribution in [1.29, 1.82) is 0 Å². The van der Waals surface area contributed by atoms with Crippen molar-refractivity contribution in [3.8, 4) is 0 Å². The summed E-state index contributed by atoms with van der Waals surface area (Å²) < 4.78 is 1.69. The molecule has 0 saturated heterocycles. The number of carbonyl (C=O) groups excluding carboxylic acids is 1. The third kappa shape index (κ3) is 2.61. The molecule has 5 nitrogen and oxygen atoms in total. The number of nitrogens with one attached hydrogen (secondary N) is 1. The van der Waals surface area contributed by atoms with Crippen LogP contribution in [0.1, 0.15) is 36.2 Å². The van der Waals surface area contributed by atoms with Crippen molar-refractivity contribution in [3.05, 3.63) is 18.0 Å². The molecule has 17 heavy (non-hydrogen) atoms. The molecule has 94 valence electrons. The number of amides is 1. The number of anilines is 1. The molecule has 0 aromatic carbocycles. The van der Waals surface area contributed by atoms with Crippen LogP contribution in [0.2, 0.25) is 0 Å². The lowest BCUT2D eigenvalue weighted by Crippen LogP contribution is -2.45. The zero-order chi connectivity index (χ0) is 12.4. The highest BCUT2D eigenvalue weighted by Gasteiger charge is 2.25. The van der Waals surface area contributed by atoms with Gasteiger partial charge in [-0.15, -0.1) is 0 Å². The maximum atomic E-state index is 12.0. The van der Waals surface area contributed by atoms with Crippen molar-refractivity contribution in [3.63, 3.8) is 0 Å². The Kier molecular flexibility index (Phi) is 3.38. The maximum absolute atomic E-state index is 12.0. The van der Waals surface area contributed by atoms with E-state index in [1.807, 2.05) is 0 Å². The standard InChI is InChI=1S/C12H19N3O2/c1-15-7-8(13)6-10(15)12(17)14-9-4-2-3-5-11(9)16/h6-7,9,11,16H,2-5,13H2,1H3,(H,14,17). The molecule has 5 heteroatoms. The molecule has 0 aliphatic heterocycles. The van der Waals surface area contributed by atoms with Gasteiger partial charge in [-0.1, -0.05) is 12.8 Å². The molecule has 1 amide bonds. The van der Waals surface area contributed by atoms with Crippen molar-refractivity contribution in [1.82, 2.24) is 9.88 Å². The summed E-state index contributed by atoms with van der Waals surface area (Å²) in [5.41, 5.74) is 6.73. The summed E-state index contributed by atoms with van der Waals surface area (Å²) in [7, 11) is 1.78. The molecule has 1 aromatic rings. The summed E-state index contributed by atoms with van der Waals surface area (Å²) in [5, 5.41) is 12.7. The van der Waals surface area contributed by atoms with E-state index in [2.05, 4.69) is 5.32 Å². The first-order valence-electron chi connectivity index (χ1n) is 5.98. The molecule has 0 radical (unpaired) electrons. The number of aliphatic hydroxyl groups is 1. The number of aliphatic hydroxyl groups excluding tert-OH is 1.